The predicted octanol–water partition coefficient (Wildman–Crippen LogP) is 0.931. The molecule has 1 aliphatic rings. The number of aliphatic hydroxyl groups is 1. The van der Waals surface area contributed by atoms with Gasteiger partial charge in [0.2, 0.25) is 0 Å². The second-order valence-electron chi connectivity index (χ2n) is 3.74. The van der Waals surface area contributed by atoms with Crippen LogP contribution in [0.5, 0.6) is 0 Å². The third-order valence-corrected chi connectivity index (χ3v) is 3.23. The Morgan fingerprint density at radius 3 is 3.07 bits per heavy atom. The minimum atomic E-state index is -0.185. The van der Waals surface area contributed by atoms with Crippen molar-refractivity contribution in [3.8, 4) is 0 Å². The molecule has 78 valence electrons. The Labute approximate surface area is 87.5 Å². The lowest BCUT2D eigenvalue weighted by Gasteiger charge is -2.28. The molecular weight excluding hydrogens is 198 g/mol. The van der Waals surface area contributed by atoms with Crippen LogP contribution in [-0.2, 0) is 6.54 Å². The minimum Gasteiger partial charge on any atom is -0.392 e. The van der Waals surface area contributed by atoms with E-state index in [4.69, 9.17) is 0 Å². The molecule has 1 aromatic heterocycles. The topological polar surface area (TPSA) is 58.0 Å². The van der Waals surface area contributed by atoms with Gasteiger partial charge in [-0.25, -0.2) is 0 Å². The van der Waals surface area contributed by atoms with Gasteiger partial charge in [0.15, 0.2) is 0 Å². The van der Waals surface area contributed by atoms with Crippen molar-refractivity contribution in [1.29, 1.82) is 0 Å². The van der Waals surface area contributed by atoms with Gasteiger partial charge < -0.3 is 10.4 Å². The average molecular weight is 213 g/mol. The SMILES string of the molecule is O[C@@H]1CCCC[C@H]1NCc1csnn1. The lowest BCUT2D eigenvalue weighted by Crippen LogP contribution is -2.41. The van der Waals surface area contributed by atoms with Gasteiger partial charge in [-0.15, -0.1) is 5.10 Å². The number of aliphatic hydroxyl groups excluding tert-OH is 1. The van der Waals surface area contributed by atoms with Crippen molar-refractivity contribution in [1.82, 2.24) is 14.9 Å². The molecule has 2 N–H and O–H groups in total. The number of nitrogens with zero attached hydrogens (tertiary/aromatic N) is 2. The van der Waals surface area contributed by atoms with Crippen molar-refractivity contribution >= 4 is 11.5 Å². The number of aromatic nitrogens is 2. The van der Waals surface area contributed by atoms with Gasteiger partial charge in [-0.2, -0.15) is 0 Å². The fraction of sp³-hybridized carbons (Fsp3) is 0.778. The minimum absolute atomic E-state index is 0.185. The maximum absolute atomic E-state index is 9.70. The highest BCUT2D eigenvalue weighted by molar-refractivity contribution is 7.03. The van der Waals surface area contributed by atoms with E-state index in [1.54, 1.807) is 0 Å². The third kappa shape index (κ3) is 2.50. The van der Waals surface area contributed by atoms with Crippen LogP contribution >= 0.6 is 11.5 Å². The number of hydrogen-bond acceptors (Lipinski definition) is 5. The predicted molar refractivity (Wildman–Crippen MR) is 55.0 cm³/mol. The first-order valence-corrected chi connectivity index (χ1v) is 5.87. The smallest absolute Gasteiger partial charge is 0.0893 e. The van der Waals surface area contributed by atoms with Crippen molar-refractivity contribution in [2.45, 2.75) is 44.4 Å². The van der Waals surface area contributed by atoms with Gasteiger partial charge in [0.05, 0.1) is 11.8 Å². The highest BCUT2D eigenvalue weighted by atomic mass is 32.1. The summed E-state index contributed by atoms with van der Waals surface area (Å²) in [5, 5.41) is 18.9. The van der Waals surface area contributed by atoms with E-state index in [2.05, 4.69) is 14.9 Å². The van der Waals surface area contributed by atoms with E-state index in [0.29, 0.717) is 0 Å². The Morgan fingerprint density at radius 2 is 2.36 bits per heavy atom. The molecule has 2 rings (SSSR count). The van der Waals surface area contributed by atoms with Gasteiger partial charge in [0.1, 0.15) is 0 Å². The molecule has 1 aliphatic carbocycles. The van der Waals surface area contributed by atoms with Gasteiger partial charge in [-0.1, -0.05) is 17.3 Å². The largest absolute Gasteiger partial charge is 0.392 e. The van der Waals surface area contributed by atoms with Gasteiger partial charge in [0.25, 0.3) is 0 Å². The van der Waals surface area contributed by atoms with E-state index in [0.717, 1.165) is 31.5 Å². The highest BCUT2D eigenvalue weighted by Crippen LogP contribution is 2.18. The molecule has 14 heavy (non-hydrogen) atoms. The molecule has 2 atom stereocenters. The molecule has 4 nitrogen and oxygen atoms in total. The zero-order valence-electron chi connectivity index (χ0n) is 8.02. The summed E-state index contributed by atoms with van der Waals surface area (Å²) < 4.78 is 3.79. The maximum atomic E-state index is 9.70. The summed E-state index contributed by atoms with van der Waals surface area (Å²) >= 11 is 1.36. The van der Waals surface area contributed by atoms with Gasteiger partial charge >= 0.3 is 0 Å². The molecule has 0 aliphatic heterocycles. The van der Waals surface area contributed by atoms with Gasteiger partial charge in [-0.3, -0.25) is 0 Å². The molecule has 1 saturated carbocycles. The molecule has 0 radical (unpaired) electrons. The standard InChI is InChI=1S/C9H15N3OS/c13-9-4-2-1-3-8(9)10-5-7-6-14-12-11-7/h6,8-10,13H,1-5H2/t8-,9-/m1/s1. The molecule has 1 aromatic rings. The van der Waals surface area contributed by atoms with Crippen molar-refractivity contribution < 1.29 is 5.11 Å². The maximum Gasteiger partial charge on any atom is 0.0893 e. The van der Waals surface area contributed by atoms with E-state index in [1.807, 2.05) is 5.38 Å². The Kier molecular flexibility index (Phi) is 3.44. The van der Waals surface area contributed by atoms with Crippen LogP contribution in [0.3, 0.4) is 0 Å². The molecule has 1 fully saturated rings. The summed E-state index contributed by atoms with van der Waals surface area (Å²) in [6.07, 6.45) is 4.17. The highest BCUT2D eigenvalue weighted by Gasteiger charge is 2.22. The van der Waals surface area contributed by atoms with E-state index >= 15 is 0 Å². The fourth-order valence-electron chi connectivity index (χ4n) is 1.85. The first-order valence-electron chi connectivity index (χ1n) is 5.03. The van der Waals surface area contributed by atoms with Crippen molar-refractivity contribution in [3.05, 3.63) is 11.1 Å². The van der Waals surface area contributed by atoms with Crippen LogP contribution < -0.4 is 5.32 Å². The molecule has 0 saturated heterocycles. The fourth-order valence-corrected chi connectivity index (χ4v) is 2.30. The van der Waals surface area contributed by atoms with Crippen LogP contribution in [0.25, 0.3) is 0 Å². The molecule has 5 heteroatoms. The first-order chi connectivity index (χ1) is 6.86. The molecule has 0 bridgehead atoms. The van der Waals surface area contributed by atoms with Crippen LogP contribution in [0.1, 0.15) is 31.4 Å². The summed E-state index contributed by atoms with van der Waals surface area (Å²) in [7, 11) is 0. The third-order valence-electron chi connectivity index (χ3n) is 2.68. The summed E-state index contributed by atoms with van der Waals surface area (Å²) in [4.78, 5) is 0. The quantitative estimate of drug-likeness (QED) is 0.784. The van der Waals surface area contributed by atoms with E-state index in [9.17, 15) is 5.11 Å². The Bertz CT molecular complexity index is 265. The van der Waals surface area contributed by atoms with Crippen LogP contribution in [0.4, 0.5) is 0 Å². The average Bonchev–Trinajstić information content (AvgIpc) is 2.69. The van der Waals surface area contributed by atoms with Crippen molar-refractivity contribution in [2.75, 3.05) is 0 Å². The normalized spacial score (nSPS) is 27.8. The Hall–Kier alpha value is -0.520. The van der Waals surface area contributed by atoms with E-state index in [1.165, 1.54) is 18.0 Å². The lowest BCUT2D eigenvalue weighted by atomic mass is 9.92. The summed E-state index contributed by atoms with van der Waals surface area (Å²) in [6.45, 7) is 0.720. The monoisotopic (exact) mass is 213 g/mol. The Morgan fingerprint density at radius 1 is 1.50 bits per heavy atom. The summed E-state index contributed by atoms with van der Waals surface area (Å²) in [6, 6.07) is 0.241. The number of hydrogen-bond donors (Lipinski definition) is 2. The second kappa shape index (κ2) is 4.82. The van der Waals surface area contributed by atoms with Crippen LogP contribution in [0.15, 0.2) is 5.38 Å². The first kappa shape index (κ1) is 10.0. The summed E-state index contributed by atoms with van der Waals surface area (Å²) in [5.41, 5.74) is 0.966. The molecule has 0 aromatic carbocycles. The second-order valence-corrected chi connectivity index (χ2v) is 4.35. The van der Waals surface area contributed by atoms with Crippen LogP contribution in [0.2, 0.25) is 0 Å². The lowest BCUT2D eigenvalue weighted by molar-refractivity contribution is 0.0901. The Balaban J connectivity index is 1.79. The van der Waals surface area contributed by atoms with E-state index < -0.39 is 0 Å². The zero-order valence-corrected chi connectivity index (χ0v) is 8.83. The number of nitrogens with one attached hydrogen (secondary N) is 1. The zero-order chi connectivity index (χ0) is 9.80. The molecular formula is C9H15N3OS. The molecule has 0 spiro atoms. The van der Waals surface area contributed by atoms with Gasteiger partial charge in [0, 0.05) is 18.0 Å². The van der Waals surface area contributed by atoms with E-state index in [-0.39, 0.29) is 12.1 Å². The summed E-state index contributed by atoms with van der Waals surface area (Å²) in [5.74, 6) is 0. The molecule has 0 unspecified atom stereocenters. The van der Waals surface area contributed by atoms with Gasteiger partial charge in [-0.05, 0) is 24.4 Å². The molecule has 0 amide bonds. The molecule has 1 heterocycles. The number of rotatable bonds is 3. The van der Waals surface area contributed by atoms with Crippen LogP contribution in [-0.4, -0.2) is 26.8 Å². The van der Waals surface area contributed by atoms with Crippen molar-refractivity contribution in [2.24, 2.45) is 0 Å². The van der Waals surface area contributed by atoms with Crippen LogP contribution in [0, 0.1) is 0 Å². The van der Waals surface area contributed by atoms with Crippen molar-refractivity contribution in [3.63, 3.8) is 0 Å².